The molecule has 1 aromatic rings. The fourth-order valence-electron chi connectivity index (χ4n) is 1.67. The molecule has 1 aromatic carbocycles. The van der Waals surface area contributed by atoms with Crippen LogP contribution >= 0.6 is 0 Å². The molecule has 2 rings (SSSR count). The van der Waals surface area contributed by atoms with Crippen molar-refractivity contribution < 1.29 is 19.4 Å². The second-order valence-corrected chi connectivity index (χ2v) is 3.80. The molecule has 0 bridgehead atoms. The van der Waals surface area contributed by atoms with Crippen LogP contribution in [0.15, 0.2) is 18.2 Å². The van der Waals surface area contributed by atoms with Crippen LogP contribution in [0.5, 0.6) is 5.75 Å². The molecule has 1 unspecified atom stereocenters. The first-order valence-corrected chi connectivity index (χ1v) is 5.29. The molecule has 1 saturated heterocycles. The van der Waals surface area contributed by atoms with E-state index < -0.39 is 12.3 Å². The quantitative estimate of drug-likeness (QED) is 0.777. The summed E-state index contributed by atoms with van der Waals surface area (Å²) in [5, 5.41) is 9.47. The molecule has 1 heterocycles. The molecule has 0 saturated carbocycles. The van der Waals surface area contributed by atoms with E-state index in [2.05, 4.69) is 0 Å². The van der Waals surface area contributed by atoms with Gasteiger partial charge in [-0.05, 0) is 25.5 Å². The Morgan fingerprint density at radius 3 is 3.06 bits per heavy atom. The van der Waals surface area contributed by atoms with Crippen molar-refractivity contribution in [3.05, 3.63) is 29.3 Å². The molecule has 16 heavy (non-hydrogen) atoms. The number of esters is 1. The van der Waals surface area contributed by atoms with E-state index in [4.69, 9.17) is 9.47 Å². The third-order valence-corrected chi connectivity index (χ3v) is 2.65. The topological polar surface area (TPSA) is 55.8 Å². The van der Waals surface area contributed by atoms with E-state index in [0.29, 0.717) is 17.7 Å². The third-order valence-electron chi connectivity index (χ3n) is 2.65. The summed E-state index contributed by atoms with van der Waals surface area (Å²) in [5.74, 6) is -0.345. The molecule has 1 aliphatic heterocycles. The molecule has 0 aliphatic carbocycles. The van der Waals surface area contributed by atoms with Crippen molar-refractivity contribution in [1.29, 1.82) is 0 Å². The molecule has 1 atom stereocenters. The summed E-state index contributed by atoms with van der Waals surface area (Å²) in [7, 11) is 0. The van der Waals surface area contributed by atoms with Crippen LogP contribution in [0.1, 0.15) is 28.8 Å². The number of aromatic hydroxyl groups is 1. The zero-order chi connectivity index (χ0) is 11.5. The van der Waals surface area contributed by atoms with Crippen molar-refractivity contribution >= 4 is 5.97 Å². The summed E-state index contributed by atoms with van der Waals surface area (Å²) >= 11 is 0. The number of hydrogen-bond acceptors (Lipinski definition) is 4. The highest BCUT2D eigenvalue weighted by Gasteiger charge is 2.22. The van der Waals surface area contributed by atoms with Gasteiger partial charge in [0.1, 0.15) is 5.75 Å². The molecule has 86 valence electrons. The molecule has 0 spiro atoms. The molecule has 1 fully saturated rings. The van der Waals surface area contributed by atoms with Crippen LogP contribution in [0.2, 0.25) is 0 Å². The predicted molar refractivity (Wildman–Crippen MR) is 57.2 cm³/mol. The van der Waals surface area contributed by atoms with Gasteiger partial charge >= 0.3 is 5.97 Å². The van der Waals surface area contributed by atoms with E-state index in [0.717, 1.165) is 12.8 Å². The number of hydrogen-bond donors (Lipinski definition) is 1. The van der Waals surface area contributed by atoms with Crippen LogP contribution in [-0.4, -0.2) is 24.0 Å². The zero-order valence-corrected chi connectivity index (χ0v) is 9.10. The smallest absolute Gasteiger partial charge is 0.340 e. The average molecular weight is 222 g/mol. The second kappa shape index (κ2) is 4.53. The Labute approximate surface area is 93.8 Å². The number of rotatable bonds is 2. The van der Waals surface area contributed by atoms with Gasteiger partial charge in [-0.2, -0.15) is 0 Å². The van der Waals surface area contributed by atoms with Crippen LogP contribution < -0.4 is 0 Å². The third kappa shape index (κ3) is 2.17. The van der Waals surface area contributed by atoms with E-state index in [-0.39, 0.29) is 5.75 Å². The van der Waals surface area contributed by atoms with E-state index >= 15 is 0 Å². The summed E-state index contributed by atoms with van der Waals surface area (Å²) in [6, 6.07) is 4.79. The highest BCUT2D eigenvalue weighted by atomic mass is 16.7. The van der Waals surface area contributed by atoms with Gasteiger partial charge in [0.2, 0.25) is 6.29 Å². The maximum atomic E-state index is 11.8. The number of phenols is 1. The molecule has 4 nitrogen and oxygen atoms in total. The summed E-state index contributed by atoms with van der Waals surface area (Å²) in [5.41, 5.74) is 0.918. The van der Waals surface area contributed by atoms with Crippen LogP contribution in [0, 0.1) is 6.92 Å². The molecule has 1 aliphatic rings. The van der Waals surface area contributed by atoms with E-state index in [1.807, 2.05) is 0 Å². The molecule has 4 heteroatoms. The Hall–Kier alpha value is -1.55. The Kier molecular flexibility index (Phi) is 3.10. The summed E-state index contributed by atoms with van der Waals surface area (Å²) in [4.78, 5) is 11.8. The molecule has 1 N–H and O–H groups in total. The van der Waals surface area contributed by atoms with Gasteiger partial charge in [0.05, 0.1) is 12.2 Å². The number of phenolic OH excluding ortho intramolecular Hbond substituents is 1. The predicted octanol–water partition coefficient (Wildman–Crippen LogP) is 1.99. The maximum Gasteiger partial charge on any atom is 0.340 e. The zero-order valence-electron chi connectivity index (χ0n) is 9.10. The first-order chi connectivity index (χ1) is 7.68. The Morgan fingerprint density at radius 2 is 2.38 bits per heavy atom. The van der Waals surface area contributed by atoms with Gasteiger partial charge in [0.25, 0.3) is 0 Å². The number of carbonyl (C=O) groups excluding carboxylic acids is 1. The summed E-state index contributed by atoms with van der Waals surface area (Å²) in [6.07, 6.45) is 1.22. The lowest BCUT2D eigenvalue weighted by molar-refractivity contribution is -0.0776. The molecule has 0 aromatic heterocycles. The highest BCUT2D eigenvalue weighted by Crippen LogP contribution is 2.22. The maximum absolute atomic E-state index is 11.8. The van der Waals surface area contributed by atoms with Gasteiger partial charge in [0, 0.05) is 12.0 Å². The van der Waals surface area contributed by atoms with Gasteiger partial charge in [-0.25, -0.2) is 4.79 Å². The van der Waals surface area contributed by atoms with E-state index in [1.165, 1.54) is 6.07 Å². The van der Waals surface area contributed by atoms with Crippen molar-refractivity contribution in [2.45, 2.75) is 26.1 Å². The van der Waals surface area contributed by atoms with Crippen LogP contribution in [-0.2, 0) is 9.47 Å². The minimum atomic E-state index is -0.444. The largest absolute Gasteiger partial charge is 0.508 e. The first-order valence-electron chi connectivity index (χ1n) is 5.29. The summed E-state index contributed by atoms with van der Waals surface area (Å²) < 4.78 is 10.4. The lowest BCUT2D eigenvalue weighted by Gasteiger charge is -2.12. The molecule has 0 amide bonds. The summed E-state index contributed by atoms with van der Waals surface area (Å²) in [6.45, 7) is 2.32. The first kappa shape index (κ1) is 11.0. The van der Waals surface area contributed by atoms with E-state index in [1.54, 1.807) is 19.1 Å². The number of ether oxygens (including phenoxy) is 2. The van der Waals surface area contributed by atoms with Crippen LogP contribution in [0.4, 0.5) is 0 Å². The standard InChI is InChI=1S/C12H14O4/c1-8-9(4-2-5-10(8)13)12(14)16-11-6-3-7-15-11/h2,4-5,11,13H,3,6-7H2,1H3. The normalized spacial score (nSPS) is 19.7. The van der Waals surface area contributed by atoms with Gasteiger partial charge in [0.15, 0.2) is 0 Å². The fourth-order valence-corrected chi connectivity index (χ4v) is 1.67. The average Bonchev–Trinajstić information content (AvgIpc) is 2.74. The second-order valence-electron chi connectivity index (χ2n) is 3.80. The minimum Gasteiger partial charge on any atom is -0.508 e. The number of benzene rings is 1. The number of carbonyl (C=O) groups is 1. The lowest BCUT2D eigenvalue weighted by atomic mass is 10.1. The Balaban J connectivity index is 2.11. The SMILES string of the molecule is Cc1c(O)cccc1C(=O)OC1CCCO1. The van der Waals surface area contributed by atoms with Crippen LogP contribution in [0.25, 0.3) is 0 Å². The molecule has 0 radical (unpaired) electrons. The monoisotopic (exact) mass is 222 g/mol. The van der Waals surface area contributed by atoms with Gasteiger partial charge in [-0.15, -0.1) is 0 Å². The fraction of sp³-hybridized carbons (Fsp3) is 0.417. The van der Waals surface area contributed by atoms with Gasteiger partial charge in [-0.3, -0.25) is 0 Å². The minimum absolute atomic E-state index is 0.0989. The molecular formula is C12H14O4. The van der Waals surface area contributed by atoms with Crippen molar-refractivity contribution in [3.63, 3.8) is 0 Å². The van der Waals surface area contributed by atoms with Crippen molar-refractivity contribution in [3.8, 4) is 5.75 Å². The molecular weight excluding hydrogens is 208 g/mol. The van der Waals surface area contributed by atoms with Crippen molar-refractivity contribution in [1.82, 2.24) is 0 Å². The van der Waals surface area contributed by atoms with Gasteiger partial charge < -0.3 is 14.6 Å². The van der Waals surface area contributed by atoms with E-state index in [9.17, 15) is 9.90 Å². The van der Waals surface area contributed by atoms with Gasteiger partial charge in [-0.1, -0.05) is 6.07 Å². The Morgan fingerprint density at radius 1 is 1.56 bits per heavy atom. The van der Waals surface area contributed by atoms with Crippen LogP contribution in [0.3, 0.4) is 0 Å². The lowest BCUT2D eigenvalue weighted by Crippen LogP contribution is -2.17. The van der Waals surface area contributed by atoms with Crippen molar-refractivity contribution in [2.75, 3.05) is 6.61 Å². The van der Waals surface area contributed by atoms with Crippen molar-refractivity contribution in [2.24, 2.45) is 0 Å². The Bertz CT molecular complexity index is 394. The highest BCUT2D eigenvalue weighted by molar-refractivity contribution is 5.91.